The number of carbonyl (C=O) groups is 1. The van der Waals surface area contributed by atoms with Crippen molar-refractivity contribution in [3.63, 3.8) is 0 Å². The molecular formula is C19H22N4O2S. The van der Waals surface area contributed by atoms with Crippen LogP contribution in [0.25, 0.3) is 22.4 Å². The lowest BCUT2D eigenvalue weighted by atomic mass is 10.2. The number of fused-ring (bicyclic) bond motifs is 1. The van der Waals surface area contributed by atoms with Crippen LogP contribution in [0.1, 0.15) is 26.2 Å². The molecule has 1 aliphatic carbocycles. The van der Waals surface area contributed by atoms with Gasteiger partial charge >= 0.3 is 0 Å². The lowest BCUT2D eigenvalue weighted by Gasteiger charge is -2.21. The second-order valence-corrected chi connectivity index (χ2v) is 7.62. The Bertz CT molecular complexity index is 900. The fourth-order valence-electron chi connectivity index (χ4n) is 3.04. The normalized spacial score (nSPS) is 14.0. The lowest BCUT2D eigenvalue weighted by molar-refractivity contribution is -0.128. The molecule has 1 amide bonds. The number of thioether (sulfide) groups is 1. The van der Waals surface area contributed by atoms with Crippen LogP contribution in [0, 0.1) is 5.92 Å². The zero-order chi connectivity index (χ0) is 17.9. The number of H-pyrrole nitrogens is 1. The van der Waals surface area contributed by atoms with Gasteiger partial charge in [-0.25, -0.2) is 0 Å². The molecule has 0 atom stereocenters. The van der Waals surface area contributed by atoms with Gasteiger partial charge in [-0.15, -0.1) is 10.2 Å². The third-order valence-corrected chi connectivity index (χ3v) is 5.37. The Morgan fingerprint density at radius 2 is 2.19 bits per heavy atom. The summed E-state index contributed by atoms with van der Waals surface area (Å²) >= 11 is 1.31. The van der Waals surface area contributed by atoms with Crippen LogP contribution >= 0.6 is 11.8 Å². The van der Waals surface area contributed by atoms with E-state index in [-0.39, 0.29) is 5.91 Å². The molecular weight excluding hydrogens is 348 g/mol. The minimum Gasteiger partial charge on any atom is -0.411 e. The van der Waals surface area contributed by atoms with E-state index in [1.807, 2.05) is 35.4 Å². The average Bonchev–Trinajstić information content (AvgIpc) is 3.18. The summed E-state index contributed by atoms with van der Waals surface area (Å²) in [6.45, 7) is 3.81. The van der Waals surface area contributed by atoms with Crippen molar-refractivity contribution in [2.24, 2.45) is 5.92 Å². The first-order valence-corrected chi connectivity index (χ1v) is 10.0. The van der Waals surface area contributed by atoms with Crippen LogP contribution in [-0.4, -0.2) is 44.8 Å². The SMILES string of the molecule is CCCN(CC1CC1)C(=O)CSc1nnc(-c2c[nH]c3ccccc23)o1. The van der Waals surface area contributed by atoms with E-state index in [9.17, 15) is 4.79 Å². The van der Waals surface area contributed by atoms with Crippen molar-refractivity contribution < 1.29 is 9.21 Å². The van der Waals surface area contributed by atoms with E-state index in [1.54, 1.807) is 0 Å². The fraction of sp³-hybridized carbons (Fsp3) is 0.421. The first-order chi connectivity index (χ1) is 12.7. The molecule has 3 aromatic rings. The molecule has 0 saturated heterocycles. The Labute approximate surface area is 156 Å². The number of nitrogens with one attached hydrogen (secondary N) is 1. The Hall–Kier alpha value is -2.28. The van der Waals surface area contributed by atoms with Crippen LogP contribution in [0.2, 0.25) is 0 Å². The molecule has 6 nitrogen and oxygen atoms in total. The number of nitrogens with zero attached hydrogens (tertiary/aromatic N) is 3. The molecule has 1 aliphatic rings. The number of aromatic nitrogens is 3. The van der Waals surface area contributed by atoms with Gasteiger partial charge in [0.25, 0.3) is 11.1 Å². The molecule has 1 saturated carbocycles. The zero-order valence-electron chi connectivity index (χ0n) is 14.8. The monoisotopic (exact) mass is 370 g/mol. The summed E-state index contributed by atoms with van der Waals surface area (Å²) < 4.78 is 5.77. The smallest absolute Gasteiger partial charge is 0.277 e. The minimum atomic E-state index is 0.149. The van der Waals surface area contributed by atoms with Crippen LogP contribution in [0.4, 0.5) is 0 Å². The average molecular weight is 370 g/mol. The van der Waals surface area contributed by atoms with Crippen molar-refractivity contribution in [1.29, 1.82) is 0 Å². The van der Waals surface area contributed by atoms with Crippen molar-refractivity contribution >= 4 is 28.6 Å². The highest BCUT2D eigenvalue weighted by Crippen LogP contribution is 2.31. The third-order valence-electron chi connectivity index (χ3n) is 4.57. The van der Waals surface area contributed by atoms with Crippen LogP contribution in [-0.2, 0) is 4.79 Å². The van der Waals surface area contributed by atoms with E-state index in [0.717, 1.165) is 36.0 Å². The van der Waals surface area contributed by atoms with Gasteiger partial charge in [0.1, 0.15) is 0 Å². The fourth-order valence-corrected chi connectivity index (χ4v) is 3.71. The van der Waals surface area contributed by atoms with Crippen LogP contribution in [0.5, 0.6) is 0 Å². The molecule has 1 aromatic carbocycles. The second-order valence-electron chi connectivity index (χ2n) is 6.69. The molecule has 2 heterocycles. The number of rotatable bonds is 8. The first kappa shape index (κ1) is 17.1. The van der Waals surface area contributed by atoms with Crippen molar-refractivity contribution in [3.05, 3.63) is 30.5 Å². The number of hydrogen-bond acceptors (Lipinski definition) is 5. The Kier molecular flexibility index (Phi) is 4.97. The number of hydrogen-bond donors (Lipinski definition) is 1. The molecule has 26 heavy (non-hydrogen) atoms. The molecule has 0 bridgehead atoms. The number of aromatic amines is 1. The Morgan fingerprint density at radius 3 is 3.00 bits per heavy atom. The number of para-hydroxylation sites is 1. The predicted molar refractivity (Wildman–Crippen MR) is 102 cm³/mol. The molecule has 4 rings (SSSR count). The molecule has 2 aromatic heterocycles. The van der Waals surface area contributed by atoms with Gasteiger partial charge in [-0.1, -0.05) is 36.9 Å². The molecule has 1 fully saturated rings. The van der Waals surface area contributed by atoms with Crippen molar-refractivity contribution in [3.8, 4) is 11.5 Å². The van der Waals surface area contributed by atoms with Gasteiger partial charge in [0.2, 0.25) is 5.91 Å². The minimum absolute atomic E-state index is 0.149. The van der Waals surface area contributed by atoms with Gasteiger partial charge in [-0.05, 0) is 31.2 Å². The predicted octanol–water partition coefficient (Wildman–Crippen LogP) is 3.96. The summed E-state index contributed by atoms with van der Waals surface area (Å²) in [4.78, 5) is 17.7. The third kappa shape index (κ3) is 3.77. The molecule has 1 N–H and O–H groups in total. The summed E-state index contributed by atoms with van der Waals surface area (Å²) in [5, 5.41) is 9.71. The molecule has 0 radical (unpaired) electrons. The zero-order valence-corrected chi connectivity index (χ0v) is 15.6. The molecule has 0 aliphatic heterocycles. The summed E-state index contributed by atoms with van der Waals surface area (Å²) in [6, 6.07) is 7.98. The Balaban J connectivity index is 1.41. The Morgan fingerprint density at radius 1 is 1.35 bits per heavy atom. The summed E-state index contributed by atoms with van der Waals surface area (Å²) in [5.41, 5.74) is 1.91. The number of amides is 1. The van der Waals surface area contributed by atoms with Crippen molar-refractivity contribution in [1.82, 2.24) is 20.1 Å². The highest BCUT2D eigenvalue weighted by Gasteiger charge is 2.26. The molecule has 0 unspecified atom stereocenters. The maximum Gasteiger partial charge on any atom is 0.277 e. The standard InChI is InChI=1S/C19H22N4O2S/c1-2-9-23(11-13-7-8-13)17(24)12-26-19-22-21-18(25-19)15-10-20-16-6-4-3-5-14(15)16/h3-6,10,13,20H,2,7-9,11-12H2,1H3. The maximum absolute atomic E-state index is 12.5. The van der Waals surface area contributed by atoms with Crippen molar-refractivity contribution in [2.75, 3.05) is 18.8 Å². The van der Waals surface area contributed by atoms with Gasteiger partial charge in [0.05, 0.1) is 11.3 Å². The van der Waals surface area contributed by atoms with Crippen molar-refractivity contribution in [2.45, 2.75) is 31.4 Å². The van der Waals surface area contributed by atoms with E-state index in [1.165, 1.54) is 24.6 Å². The highest BCUT2D eigenvalue weighted by molar-refractivity contribution is 7.99. The van der Waals surface area contributed by atoms with Crippen LogP contribution < -0.4 is 0 Å². The van der Waals surface area contributed by atoms with E-state index < -0.39 is 0 Å². The van der Waals surface area contributed by atoms with Gasteiger partial charge in [-0.2, -0.15) is 0 Å². The number of benzene rings is 1. The number of carbonyl (C=O) groups excluding carboxylic acids is 1. The van der Waals surface area contributed by atoms with E-state index in [0.29, 0.717) is 22.8 Å². The maximum atomic E-state index is 12.5. The first-order valence-electron chi connectivity index (χ1n) is 9.05. The molecule has 136 valence electrons. The van der Waals surface area contributed by atoms with Crippen LogP contribution in [0.3, 0.4) is 0 Å². The second kappa shape index (κ2) is 7.53. The van der Waals surface area contributed by atoms with Gasteiger partial charge in [0, 0.05) is 30.2 Å². The van der Waals surface area contributed by atoms with E-state index in [2.05, 4.69) is 22.1 Å². The summed E-state index contributed by atoms with van der Waals surface area (Å²) in [7, 11) is 0. The van der Waals surface area contributed by atoms with Gasteiger partial charge < -0.3 is 14.3 Å². The summed E-state index contributed by atoms with van der Waals surface area (Å²) in [5.74, 6) is 1.66. The highest BCUT2D eigenvalue weighted by atomic mass is 32.2. The van der Waals surface area contributed by atoms with Gasteiger partial charge in [-0.3, -0.25) is 4.79 Å². The van der Waals surface area contributed by atoms with E-state index in [4.69, 9.17) is 4.42 Å². The van der Waals surface area contributed by atoms with E-state index >= 15 is 0 Å². The topological polar surface area (TPSA) is 75.0 Å². The quantitative estimate of drug-likeness (QED) is 0.608. The summed E-state index contributed by atoms with van der Waals surface area (Å²) in [6.07, 6.45) is 5.35. The lowest BCUT2D eigenvalue weighted by Crippen LogP contribution is -2.34. The molecule has 0 spiro atoms. The van der Waals surface area contributed by atoms with Gasteiger partial charge in [0.15, 0.2) is 0 Å². The largest absolute Gasteiger partial charge is 0.411 e. The van der Waals surface area contributed by atoms with Crippen LogP contribution in [0.15, 0.2) is 40.1 Å². The molecule has 7 heteroatoms.